The maximum atomic E-state index is 10.4. The number of carbonyl (C=O) groups is 2. The predicted molar refractivity (Wildman–Crippen MR) is 72.9 cm³/mol. The first-order chi connectivity index (χ1) is 8.88. The molecule has 0 saturated heterocycles. The summed E-state index contributed by atoms with van der Waals surface area (Å²) in [4.78, 5) is 20.3. The molecule has 1 aromatic carbocycles. The molecule has 0 aromatic heterocycles. The second kappa shape index (κ2) is 11.2. The van der Waals surface area contributed by atoms with Crippen molar-refractivity contribution >= 4 is 11.9 Å². The van der Waals surface area contributed by atoms with Gasteiger partial charge in [-0.1, -0.05) is 12.2 Å². The Hall–Kier alpha value is -1.65. The molecule has 0 bridgehead atoms. The summed E-state index contributed by atoms with van der Waals surface area (Å²) in [7, 11) is 0. The average molecular weight is 330 g/mol. The van der Waals surface area contributed by atoms with Crippen LogP contribution >= 0.6 is 0 Å². The van der Waals surface area contributed by atoms with Gasteiger partial charge >= 0.3 is 11.9 Å². The summed E-state index contributed by atoms with van der Waals surface area (Å²) >= 11 is 0. The molecule has 0 amide bonds. The van der Waals surface area contributed by atoms with E-state index in [1.165, 1.54) is 6.07 Å². The average Bonchev–Trinajstić information content (AvgIpc) is 2.36. The van der Waals surface area contributed by atoms with Crippen molar-refractivity contribution in [1.82, 2.24) is 0 Å². The van der Waals surface area contributed by atoms with E-state index in [4.69, 9.17) is 15.9 Å². The largest absolute Gasteiger partial charge is 0.481 e. The van der Waals surface area contributed by atoms with E-state index >= 15 is 0 Å². The van der Waals surface area contributed by atoms with Crippen LogP contribution in [0, 0.1) is 6.92 Å². The number of carboxylic acid groups (broad SMARTS) is 2. The van der Waals surface area contributed by atoms with Gasteiger partial charge in [0.15, 0.2) is 5.56 Å². The zero-order chi connectivity index (χ0) is 14.8. The zero-order valence-corrected chi connectivity index (χ0v) is 14.3. The van der Waals surface area contributed by atoms with Gasteiger partial charge < -0.3 is 15.9 Å². The van der Waals surface area contributed by atoms with Gasteiger partial charge in [0.2, 0.25) is 0 Å². The Kier molecular flexibility index (Phi) is 11.6. The molecule has 0 radical (unpaired) electrons. The van der Waals surface area contributed by atoms with Crippen LogP contribution in [0.5, 0.6) is 0 Å². The van der Waals surface area contributed by atoms with Crippen LogP contribution in [0.1, 0.15) is 28.8 Å². The van der Waals surface area contributed by atoms with Crippen LogP contribution in [-0.4, -0.2) is 28.7 Å². The number of hydrogen-bond acceptors (Lipinski definition) is 3. The Labute approximate surface area is 131 Å². The van der Waals surface area contributed by atoms with E-state index in [9.17, 15) is 9.59 Å². The van der Waals surface area contributed by atoms with E-state index in [1.807, 2.05) is 0 Å². The van der Waals surface area contributed by atoms with Gasteiger partial charge in [0.25, 0.3) is 0 Å². The van der Waals surface area contributed by atoms with Crippen molar-refractivity contribution in [2.45, 2.75) is 12.8 Å². The third-order valence-electron chi connectivity index (χ3n) is 2.23. The number of aliphatic carboxylic acids is 1. The first kappa shape index (κ1) is 20.7. The maximum absolute atomic E-state index is 10.4. The molecular formula is C14H18NO4Zn+. The topological polar surface area (TPSA) is 101 Å². The van der Waals surface area contributed by atoms with Crippen molar-refractivity contribution in [3.8, 4) is 0 Å². The maximum Gasteiger partial charge on any atom is 0.394 e. The Morgan fingerprint density at radius 2 is 1.75 bits per heavy atom. The van der Waals surface area contributed by atoms with Crippen LogP contribution in [0.25, 0.3) is 0 Å². The van der Waals surface area contributed by atoms with E-state index in [2.05, 4.69) is 13.5 Å². The Balaban J connectivity index is 0. The first-order valence-corrected chi connectivity index (χ1v) is 5.61. The summed E-state index contributed by atoms with van der Waals surface area (Å²) < 4.78 is 0. The minimum atomic E-state index is -0.925. The molecule has 0 unspecified atom stereocenters. The summed E-state index contributed by atoms with van der Waals surface area (Å²) in [6.07, 6.45) is 0.627. The molecule has 4 N–H and O–H groups in total. The summed E-state index contributed by atoms with van der Waals surface area (Å²) in [5, 5.41) is 16.7. The molecule has 104 valence electrons. The van der Waals surface area contributed by atoms with Gasteiger partial charge in [0.05, 0.1) is 0 Å². The Morgan fingerprint density at radius 1 is 1.20 bits per heavy atom. The van der Waals surface area contributed by atoms with Crippen molar-refractivity contribution in [3.63, 3.8) is 0 Å². The monoisotopic (exact) mass is 328 g/mol. The van der Waals surface area contributed by atoms with Crippen LogP contribution in [0.2, 0.25) is 0 Å². The van der Waals surface area contributed by atoms with Crippen LogP contribution in [-0.2, 0) is 24.3 Å². The van der Waals surface area contributed by atoms with Gasteiger partial charge in [-0.3, -0.25) is 4.79 Å². The van der Waals surface area contributed by atoms with Crippen LogP contribution in [0.3, 0.4) is 0 Å². The molecule has 0 atom stereocenters. The summed E-state index contributed by atoms with van der Waals surface area (Å²) in [6, 6.07) is 6.64. The molecule has 6 heteroatoms. The second-order valence-corrected chi connectivity index (χ2v) is 3.81. The molecule has 0 spiro atoms. The van der Waals surface area contributed by atoms with Gasteiger partial charge in [-0.05, 0) is 18.6 Å². The van der Waals surface area contributed by atoms with E-state index in [1.54, 1.807) is 18.2 Å². The molecule has 20 heavy (non-hydrogen) atoms. The Morgan fingerprint density at radius 3 is 2.10 bits per heavy atom. The van der Waals surface area contributed by atoms with Gasteiger partial charge in [0, 0.05) is 51.5 Å². The smallest absolute Gasteiger partial charge is 0.394 e. The molecule has 0 heterocycles. The quantitative estimate of drug-likeness (QED) is 0.435. The summed E-state index contributed by atoms with van der Waals surface area (Å²) in [6.45, 7) is 7.50. The minimum absolute atomic E-state index is 0. The molecule has 0 aliphatic carbocycles. The van der Waals surface area contributed by atoms with E-state index in [0.717, 1.165) is 5.57 Å². The zero-order valence-electron chi connectivity index (χ0n) is 11.3. The normalized spacial score (nSPS) is 8.65. The standard InChI is InChI=1S/C8H6O2.C6H11NO2.Zn/c1-6-4-2-3-5-7(6)8(9)10;1-5(4-7)2-3-6(8)9;/h2-5H,1H2;1-4,7H2,(H,8,9);/p+1. The Bertz CT molecular complexity index is 460. The number of rotatable bonds is 5. The minimum Gasteiger partial charge on any atom is -0.481 e. The molecule has 5 nitrogen and oxygen atoms in total. The molecule has 1 rings (SSSR count). The fourth-order valence-electron chi connectivity index (χ4n) is 1.11. The van der Waals surface area contributed by atoms with E-state index in [0.29, 0.717) is 18.5 Å². The summed E-state index contributed by atoms with van der Waals surface area (Å²) in [5.74, 6) is -1.73. The first-order valence-electron chi connectivity index (χ1n) is 5.61. The van der Waals surface area contributed by atoms with Gasteiger partial charge in [-0.2, -0.15) is 0 Å². The molecule has 1 aromatic rings. The SMILES string of the molecule is C=C(CN)CCC(=O)O.[CH2+]c1ccccc1C(=O)O.[Zn]. The fourth-order valence-corrected chi connectivity index (χ4v) is 1.11. The van der Waals surface area contributed by atoms with Crippen molar-refractivity contribution in [2.24, 2.45) is 5.73 Å². The third-order valence-corrected chi connectivity index (χ3v) is 2.23. The van der Waals surface area contributed by atoms with Gasteiger partial charge in [-0.15, -0.1) is 0 Å². The van der Waals surface area contributed by atoms with E-state index < -0.39 is 11.9 Å². The van der Waals surface area contributed by atoms with Crippen molar-refractivity contribution in [2.75, 3.05) is 6.54 Å². The molecule has 0 aliphatic rings. The van der Waals surface area contributed by atoms with E-state index in [-0.39, 0.29) is 31.5 Å². The third kappa shape index (κ3) is 9.31. The number of nitrogens with two attached hydrogens (primary N) is 1. The molecular weight excluding hydrogens is 312 g/mol. The van der Waals surface area contributed by atoms with Gasteiger partial charge in [0.1, 0.15) is 5.56 Å². The predicted octanol–water partition coefficient (Wildman–Crippen LogP) is 1.93. The van der Waals surface area contributed by atoms with Gasteiger partial charge in [-0.25, -0.2) is 4.79 Å². The van der Waals surface area contributed by atoms with Crippen LogP contribution < -0.4 is 5.73 Å². The fraction of sp³-hybridized carbons (Fsp3) is 0.214. The number of benzene rings is 1. The van der Waals surface area contributed by atoms with Crippen LogP contribution in [0.4, 0.5) is 0 Å². The number of carboxylic acids is 2. The molecule has 0 saturated carbocycles. The summed E-state index contributed by atoms with van der Waals surface area (Å²) in [5.41, 5.74) is 6.77. The van der Waals surface area contributed by atoms with Crippen molar-refractivity contribution < 1.29 is 39.3 Å². The van der Waals surface area contributed by atoms with Crippen LogP contribution in [0.15, 0.2) is 36.4 Å². The molecule has 0 aliphatic heterocycles. The molecule has 0 fully saturated rings. The van der Waals surface area contributed by atoms with Crippen molar-refractivity contribution in [3.05, 3.63) is 54.5 Å². The van der Waals surface area contributed by atoms with Crippen molar-refractivity contribution in [1.29, 1.82) is 0 Å². The number of aromatic carboxylic acids is 1. The second-order valence-electron chi connectivity index (χ2n) is 3.81. The number of hydrogen-bond donors (Lipinski definition) is 3.